The highest BCUT2D eigenvalue weighted by Gasteiger charge is 2.25. The molecule has 0 spiro atoms. The molecule has 0 radical (unpaired) electrons. The maximum absolute atomic E-state index is 12.6. The summed E-state index contributed by atoms with van der Waals surface area (Å²) in [5.74, 6) is -1.89. The van der Waals surface area contributed by atoms with Gasteiger partial charge in [0.2, 0.25) is 5.78 Å². The van der Waals surface area contributed by atoms with E-state index in [0.717, 1.165) is 21.7 Å². The number of fused-ring (bicyclic) bond motifs is 1. The Bertz CT molecular complexity index is 979. The number of hydrogen-bond donors (Lipinski definition) is 2. The molecule has 1 heterocycles. The highest BCUT2D eigenvalue weighted by molar-refractivity contribution is 8.04. The van der Waals surface area contributed by atoms with Crippen LogP contribution in [0, 0.1) is 13.8 Å². The zero-order valence-electron chi connectivity index (χ0n) is 15.4. The number of amides is 1. The minimum atomic E-state index is -0.775. The third-order valence-corrected chi connectivity index (χ3v) is 5.53. The predicted molar refractivity (Wildman–Crippen MR) is 108 cm³/mol. The van der Waals surface area contributed by atoms with Crippen molar-refractivity contribution in [3.8, 4) is 0 Å². The van der Waals surface area contributed by atoms with Crippen LogP contribution in [0.1, 0.15) is 24.5 Å². The molecule has 0 unspecified atom stereocenters. The van der Waals surface area contributed by atoms with E-state index >= 15 is 0 Å². The summed E-state index contributed by atoms with van der Waals surface area (Å²) < 4.78 is 0. The first kappa shape index (κ1) is 18.9. The molecule has 2 N–H and O–H groups in total. The Morgan fingerprint density at radius 1 is 1.04 bits per heavy atom. The fraction of sp³-hybridized carbons (Fsp3) is 0.190. The molecule has 3 rings (SSSR count). The SMILES string of the molecule is CC1=C(C(=O)CC(=O)C(=O)Nc2ccc(C)cc2C)Sc2ccccc2N1. The Balaban J connectivity index is 1.67. The van der Waals surface area contributed by atoms with Crippen LogP contribution in [0.5, 0.6) is 0 Å². The number of nitrogens with one attached hydrogen (secondary N) is 2. The molecule has 1 aliphatic heterocycles. The van der Waals surface area contributed by atoms with Gasteiger partial charge in [0, 0.05) is 16.3 Å². The molecule has 0 saturated carbocycles. The third kappa shape index (κ3) is 4.28. The van der Waals surface area contributed by atoms with Crippen LogP contribution >= 0.6 is 11.8 Å². The first-order valence-electron chi connectivity index (χ1n) is 8.54. The van der Waals surface area contributed by atoms with Gasteiger partial charge in [0.05, 0.1) is 17.0 Å². The number of carbonyl (C=O) groups excluding carboxylic acids is 3. The molecule has 27 heavy (non-hydrogen) atoms. The van der Waals surface area contributed by atoms with Crippen molar-refractivity contribution in [2.75, 3.05) is 10.6 Å². The number of ketones is 2. The largest absolute Gasteiger partial charge is 0.357 e. The van der Waals surface area contributed by atoms with Gasteiger partial charge in [-0.15, -0.1) is 0 Å². The van der Waals surface area contributed by atoms with Gasteiger partial charge in [-0.05, 0) is 44.5 Å². The summed E-state index contributed by atoms with van der Waals surface area (Å²) in [5, 5.41) is 5.77. The number of aryl methyl sites for hydroxylation is 2. The van der Waals surface area contributed by atoms with Gasteiger partial charge in [0.15, 0.2) is 5.78 Å². The van der Waals surface area contributed by atoms with Crippen LogP contribution in [0.2, 0.25) is 0 Å². The van der Waals surface area contributed by atoms with E-state index < -0.39 is 18.1 Å². The summed E-state index contributed by atoms with van der Waals surface area (Å²) in [7, 11) is 0. The van der Waals surface area contributed by atoms with Crippen molar-refractivity contribution in [2.24, 2.45) is 0 Å². The van der Waals surface area contributed by atoms with Crippen LogP contribution in [-0.4, -0.2) is 17.5 Å². The zero-order valence-corrected chi connectivity index (χ0v) is 16.2. The average Bonchev–Trinajstić information content (AvgIpc) is 2.63. The standard InChI is InChI=1S/C21H20N2O3S/c1-12-8-9-15(13(2)10-12)23-21(26)18(25)11-17(24)20-14(3)22-16-6-4-5-7-19(16)27-20/h4-10,22H,11H2,1-3H3,(H,23,26). The smallest absolute Gasteiger partial charge is 0.292 e. The number of rotatable bonds is 5. The van der Waals surface area contributed by atoms with E-state index in [2.05, 4.69) is 10.6 Å². The van der Waals surface area contributed by atoms with Gasteiger partial charge in [-0.1, -0.05) is 41.6 Å². The topological polar surface area (TPSA) is 75.3 Å². The number of carbonyl (C=O) groups is 3. The lowest BCUT2D eigenvalue weighted by molar-refractivity contribution is -0.136. The summed E-state index contributed by atoms with van der Waals surface area (Å²) >= 11 is 1.32. The molecular weight excluding hydrogens is 360 g/mol. The van der Waals surface area contributed by atoms with Gasteiger partial charge in [0.1, 0.15) is 0 Å². The fourth-order valence-corrected chi connectivity index (χ4v) is 3.81. The quantitative estimate of drug-likeness (QED) is 0.600. The Labute approximate surface area is 162 Å². The van der Waals surface area contributed by atoms with E-state index in [0.29, 0.717) is 16.3 Å². The first-order chi connectivity index (χ1) is 12.8. The molecule has 0 aromatic heterocycles. The molecule has 2 aromatic rings. The van der Waals surface area contributed by atoms with Gasteiger partial charge in [-0.25, -0.2) is 0 Å². The fourth-order valence-electron chi connectivity index (χ4n) is 2.82. The van der Waals surface area contributed by atoms with Crippen molar-refractivity contribution in [1.82, 2.24) is 0 Å². The second-order valence-electron chi connectivity index (χ2n) is 6.47. The van der Waals surface area contributed by atoms with Crippen molar-refractivity contribution in [2.45, 2.75) is 32.1 Å². The van der Waals surface area contributed by atoms with E-state index in [1.807, 2.05) is 50.2 Å². The lowest BCUT2D eigenvalue weighted by Crippen LogP contribution is -2.26. The molecule has 5 nitrogen and oxygen atoms in total. The summed E-state index contributed by atoms with van der Waals surface area (Å²) in [4.78, 5) is 38.4. The summed E-state index contributed by atoms with van der Waals surface area (Å²) in [5.41, 5.74) is 4.12. The van der Waals surface area contributed by atoms with Gasteiger partial charge in [0.25, 0.3) is 5.91 Å². The minimum Gasteiger partial charge on any atom is -0.357 e. The van der Waals surface area contributed by atoms with Crippen LogP contribution in [0.4, 0.5) is 11.4 Å². The van der Waals surface area contributed by atoms with E-state index in [4.69, 9.17) is 0 Å². The predicted octanol–water partition coefficient (Wildman–Crippen LogP) is 4.22. The minimum absolute atomic E-state index is 0.361. The average molecular weight is 380 g/mol. The van der Waals surface area contributed by atoms with Crippen molar-refractivity contribution >= 4 is 40.6 Å². The highest BCUT2D eigenvalue weighted by Crippen LogP contribution is 2.40. The molecule has 138 valence electrons. The van der Waals surface area contributed by atoms with Crippen LogP contribution in [-0.2, 0) is 14.4 Å². The molecule has 1 aliphatic rings. The molecule has 0 bridgehead atoms. The maximum Gasteiger partial charge on any atom is 0.292 e. The number of hydrogen-bond acceptors (Lipinski definition) is 5. The van der Waals surface area contributed by atoms with E-state index in [1.165, 1.54) is 11.8 Å². The maximum atomic E-state index is 12.6. The third-order valence-electron chi connectivity index (χ3n) is 4.22. The molecule has 0 fully saturated rings. The van der Waals surface area contributed by atoms with E-state index in [-0.39, 0.29) is 5.78 Å². The van der Waals surface area contributed by atoms with Crippen molar-refractivity contribution in [3.05, 3.63) is 64.2 Å². The molecule has 6 heteroatoms. The van der Waals surface area contributed by atoms with Crippen molar-refractivity contribution in [1.29, 1.82) is 0 Å². The lowest BCUT2D eigenvalue weighted by atomic mass is 10.1. The number of allylic oxidation sites excluding steroid dienone is 2. The molecule has 0 atom stereocenters. The second-order valence-corrected chi connectivity index (χ2v) is 7.53. The second kappa shape index (κ2) is 7.80. The number of para-hydroxylation sites is 1. The molecular formula is C21H20N2O3S. The summed E-state index contributed by atoms with van der Waals surface area (Å²) in [6.45, 7) is 5.59. The monoisotopic (exact) mass is 380 g/mol. The Morgan fingerprint density at radius 3 is 2.52 bits per heavy atom. The molecule has 0 saturated heterocycles. The van der Waals surface area contributed by atoms with Gasteiger partial charge < -0.3 is 10.6 Å². The van der Waals surface area contributed by atoms with Crippen LogP contribution in [0.25, 0.3) is 0 Å². The van der Waals surface area contributed by atoms with E-state index in [1.54, 1.807) is 13.0 Å². The lowest BCUT2D eigenvalue weighted by Gasteiger charge is -2.21. The number of Topliss-reactive ketones (excluding diaryl/α,β-unsaturated/α-hetero) is 2. The number of thioether (sulfide) groups is 1. The number of benzene rings is 2. The number of anilines is 2. The van der Waals surface area contributed by atoms with E-state index in [9.17, 15) is 14.4 Å². The molecule has 2 aromatic carbocycles. The van der Waals surface area contributed by atoms with Gasteiger partial charge in [-0.2, -0.15) is 0 Å². The Hall–Kier alpha value is -2.86. The Kier molecular flexibility index (Phi) is 5.46. The zero-order chi connectivity index (χ0) is 19.6. The Morgan fingerprint density at radius 2 is 1.78 bits per heavy atom. The van der Waals surface area contributed by atoms with Gasteiger partial charge in [-0.3, -0.25) is 14.4 Å². The van der Waals surface area contributed by atoms with Crippen LogP contribution < -0.4 is 10.6 Å². The normalized spacial score (nSPS) is 12.9. The summed E-state index contributed by atoms with van der Waals surface area (Å²) in [6.07, 6.45) is -0.458. The van der Waals surface area contributed by atoms with Crippen LogP contribution in [0.15, 0.2) is 58.0 Å². The van der Waals surface area contributed by atoms with Crippen LogP contribution in [0.3, 0.4) is 0 Å². The van der Waals surface area contributed by atoms with Crippen molar-refractivity contribution < 1.29 is 14.4 Å². The highest BCUT2D eigenvalue weighted by atomic mass is 32.2. The molecule has 1 amide bonds. The van der Waals surface area contributed by atoms with Gasteiger partial charge >= 0.3 is 0 Å². The molecule has 0 aliphatic carbocycles. The summed E-state index contributed by atoms with van der Waals surface area (Å²) in [6, 6.07) is 13.2. The first-order valence-corrected chi connectivity index (χ1v) is 9.36. The van der Waals surface area contributed by atoms with Crippen molar-refractivity contribution in [3.63, 3.8) is 0 Å².